The molecule has 1 aromatic heterocycles. The van der Waals surface area contributed by atoms with E-state index in [0.717, 1.165) is 0 Å². The lowest BCUT2D eigenvalue weighted by Crippen LogP contribution is -2.37. The zero-order chi connectivity index (χ0) is 26.6. The average Bonchev–Trinajstić information content (AvgIpc) is 3.26. The number of aromatic nitrogens is 2. The second-order valence-electron chi connectivity index (χ2n) is 8.13. The average molecular weight is 566 g/mol. The van der Waals surface area contributed by atoms with Crippen molar-refractivity contribution in [2.75, 3.05) is 13.2 Å². The Hall–Kier alpha value is -2.18. The van der Waals surface area contributed by atoms with Crippen LogP contribution in [0.4, 0.5) is 0 Å². The van der Waals surface area contributed by atoms with E-state index in [0.29, 0.717) is 5.56 Å². The van der Waals surface area contributed by atoms with E-state index >= 15 is 0 Å². The van der Waals surface area contributed by atoms with Crippen molar-refractivity contribution in [1.29, 1.82) is 0 Å². The van der Waals surface area contributed by atoms with Crippen molar-refractivity contribution in [2.24, 2.45) is 0 Å². The number of ether oxygens (including phenoxy) is 3. The molecule has 1 aliphatic heterocycles. The fourth-order valence-corrected chi connectivity index (χ4v) is 4.78. The fraction of sp³-hybridized carbons (Fsp3) is 0.476. The number of aryl methyl sites for hydroxylation is 1. The van der Waals surface area contributed by atoms with Crippen molar-refractivity contribution in [1.82, 2.24) is 14.6 Å². The van der Waals surface area contributed by atoms with Gasteiger partial charge in [0.1, 0.15) is 18.4 Å². The second kappa shape index (κ2) is 11.9. The number of aromatic amines is 1. The number of hydrogen-bond donors (Lipinski definition) is 2. The minimum absolute atomic E-state index is 0.0398. The molecule has 4 atom stereocenters. The van der Waals surface area contributed by atoms with Gasteiger partial charge in [-0.1, -0.05) is 23.2 Å². The number of benzene rings is 1. The predicted molar refractivity (Wildman–Crippen MR) is 130 cm³/mol. The number of carbonyl (C=O) groups is 1. The van der Waals surface area contributed by atoms with Crippen LogP contribution in [0.3, 0.4) is 0 Å². The molecule has 2 unspecified atom stereocenters. The molecular formula is C21H26Cl2N3O9P. The summed E-state index contributed by atoms with van der Waals surface area (Å²) in [6.45, 7) is 5.88. The number of esters is 1. The van der Waals surface area contributed by atoms with Crippen LogP contribution in [0, 0.1) is 6.92 Å². The summed E-state index contributed by atoms with van der Waals surface area (Å²) < 4.78 is 42.1. The molecule has 0 amide bonds. The van der Waals surface area contributed by atoms with Gasteiger partial charge in [-0.3, -0.25) is 23.7 Å². The Bertz CT molecular complexity index is 1270. The van der Waals surface area contributed by atoms with Gasteiger partial charge < -0.3 is 18.7 Å². The number of hydrogen-bond acceptors (Lipinski definition) is 9. The summed E-state index contributed by atoms with van der Waals surface area (Å²) >= 11 is 11.9. The number of rotatable bonds is 10. The van der Waals surface area contributed by atoms with Gasteiger partial charge >= 0.3 is 19.4 Å². The number of nitrogens with zero attached hydrogens (tertiary/aromatic N) is 1. The van der Waals surface area contributed by atoms with Crippen LogP contribution >= 0.6 is 30.9 Å². The molecule has 0 saturated carbocycles. The Morgan fingerprint density at radius 2 is 2.00 bits per heavy atom. The van der Waals surface area contributed by atoms with Crippen LogP contribution in [0.25, 0.3) is 0 Å². The van der Waals surface area contributed by atoms with Gasteiger partial charge in [0, 0.05) is 17.8 Å². The van der Waals surface area contributed by atoms with E-state index < -0.39 is 56.2 Å². The summed E-state index contributed by atoms with van der Waals surface area (Å²) in [6.07, 6.45) is -0.944. The van der Waals surface area contributed by atoms with Crippen LogP contribution in [0.2, 0.25) is 10.0 Å². The SMILES string of the molecule is Cc1cn([C@H]2CO[C@@H](COP(=O)(NC(C)C(=O)OC(C)C)Oc3ccc(Cl)c(Cl)c3)O2)c(=O)[nH]c1=O. The van der Waals surface area contributed by atoms with Crippen molar-refractivity contribution in [3.05, 3.63) is 60.8 Å². The first-order valence-corrected chi connectivity index (χ1v) is 13.1. The van der Waals surface area contributed by atoms with E-state index in [2.05, 4.69) is 10.1 Å². The highest BCUT2D eigenvalue weighted by atomic mass is 35.5. The van der Waals surface area contributed by atoms with Crippen molar-refractivity contribution < 1.29 is 32.6 Å². The number of nitrogens with one attached hydrogen (secondary N) is 2. The third-order valence-corrected chi connectivity index (χ3v) is 7.13. The van der Waals surface area contributed by atoms with Crippen LogP contribution < -0.4 is 20.9 Å². The summed E-state index contributed by atoms with van der Waals surface area (Å²) in [5.74, 6) is -0.612. The lowest BCUT2D eigenvalue weighted by atomic mass is 10.3. The van der Waals surface area contributed by atoms with Crippen LogP contribution in [0.15, 0.2) is 34.0 Å². The van der Waals surface area contributed by atoms with Crippen LogP contribution in [0.1, 0.15) is 32.6 Å². The quantitative estimate of drug-likeness (QED) is 0.325. The summed E-state index contributed by atoms with van der Waals surface area (Å²) in [5, 5.41) is 2.94. The molecule has 36 heavy (non-hydrogen) atoms. The van der Waals surface area contributed by atoms with Gasteiger partial charge in [0.2, 0.25) is 0 Å². The largest absolute Gasteiger partial charge is 0.462 e. The molecule has 2 aromatic rings. The summed E-state index contributed by atoms with van der Waals surface area (Å²) in [4.78, 5) is 38.2. The van der Waals surface area contributed by atoms with Gasteiger partial charge in [-0.05, 0) is 39.8 Å². The molecule has 2 heterocycles. The van der Waals surface area contributed by atoms with Gasteiger partial charge in [0.15, 0.2) is 12.5 Å². The van der Waals surface area contributed by atoms with Gasteiger partial charge in [0.05, 0.1) is 22.8 Å². The first-order chi connectivity index (χ1) is 16.9. The summed E-state index contributed by atoms with van der Waals surface area (Å²) in [5.41, 5.74) is -0.871. The molecule has 0 aliphatic carbocycles. The minimum Gasteiger partial charge on any atom is -0.462 e. The topological polar surface area (TPSA) is 147 Å². The highest BCUT2D eigenvalue weighted by molar-refractivity contribution is 7.52. The Kier molecular flexibility index (Phi) is 9.39. The highest BCUT2D eigenvalue weighted by Crippen LogP contribution is 2.46. The zero-order valence-electron chi connectivity index (χ0n) is 19.9. The van der Waals surface area contributed by atoms with Gasteiger partial charge in [-0.2, -0.15) is 5.09 Å². The van der Waals surface area contributed by atoms with Crippen molar-refractivity contribution in [2.45, 2.75) is 52.4 Å². The third-order valence-electron chi connectivity index (χ3n) is 4.74. The molecule has 12 nitrogen and oxygen atoms in total. The monoisotopic (exact) mass is 565 g/mol. The number of H-pyrrole nitrogens is 1. The lowest BCUT2D eigenvalue weighted by Gasteiger charge is -2.24. The van der Waals surface area contributed by atoms with E-state index in [9.17, 15) is 18.9 Å². The van der Waals surface area contributed by atoms with Crippen LogP contribution in [0.5, 0.6) is 5.75 Å². The highest BCUT2D eigenvalue weighted by Gasteiger charge is 2.36. The Labute approximate surface area is 216 Å². The van der Waals surface area contributed by atoms with Crippen molar-refractivity contribution >= 4 is 36.9 Å². The lowest BCUT2D eigenvalue weighted by molar-refractivity contribution is -0.149. The maximum Gasteiger partial charge on any atom is 0.459 e. The molecule has 2 N–H and O–H groups in total. The molecular weight excluding hydrogens is 540 g/mol. The normalized spacial score (nSPS) is 20.2. The van der Waals surface area contributed by atoms with E-state index in [1.54, 1.807) is 20.8 Å². The maximum atomic E-state index is 13.6. The second-order valence-corrected chi connectivity index (χ2v) is 10.6. The van der Waals surface area contributed by atoms with Gasteiger partial charge in [-0.15, -0.1) is 0 Å². The molecule has 1 aromatic carbocycles. The molecule has 1 aliphatic rings. The van der Waals surface area contributed by atoms with E-state index in [1.807, 2.05) is 0 Å². The van der Waals surface area contributed by atoms with Crippen LogP contribution in [-0.2, 0) is 28.1 Å². The molecule has 0 bridgehead atoms. The molecule has 198 valence electrons. The molecule has 0 radical (unpaired) electrons. The zero-order valence-corrected chi connectivity index (χ0v) is 22.3. The van der Waals surface area contributed by atoms with Gasteiger partial charge in [-0.25, -0.2) is 9.36 Å². The smallest absolute Gasteiger partial charge is 0.459 e. The van der Waals surface area contributed by atoms with Crippen LogP contribution in [-0.4, -0.2) is 47.2 Å². The third kappa shape index (κ3) is 7.42. The summed E-state index contributed by atoms with van der Waals surface area (Å²) in [6, 6.07) is 3.13. The van der Waals surface area contributed by atoms with Gasteiger partial charge in [0.25, 0.3) is 5.56 Å². The number of carbonyl (C=O) groups excluding carboxylic acids is 1. The minimum atomic E-state index is -4.23. The Morgan fingerprint density at radius 1 is 1.28 bits per heavy atom. The standard InChI is InChI=1S/C21H26Cl2N3O9P/c1-11(2)33-20(28)13(4)25-36(30,35-14-5-6-15(22)16(23)7-14)32-10-18-31-9-17(34-18)26-8-12(3)19(27)24-21(26)29/h5-8,11,13,17-18H,9-10H2,1-4H3,(H,25,30)(H,24,27,29)/t13?,17-,18-,36?/m1/s1. The van der Waals surface area contributed by atoms with E-state index in [-0.39, 0.29) is 22.4 Å². The predicted octanol–water partition coefficient (Wildman–Crippen LogP) is 3.16. The fourth-order valence-electron chi connectivity index (χ4n) is 3.02. The first kappa shape index (κ1) is 28.4. The molecule has 1 saturated heterocycles. The van der Waals surface area contributed by atoms with E-state index in [1.165, 1.54) is 35.9 Å². The van der Waals surface area contributed by atoms with E-state index in [4.69, 9.17) is 46.5 Å². The number of halogens is 2. The molecule has 0 spiro atoms. The maximum absolute atomic E-state index is 13.6. The molecule has 1 fully saturated rings. The van der Waals surface area contributed by atoms with Crippen molar-refractivity contribution in [3.63, 3.8) is 0 Å². The summed E-state index contributed by atoms with van der Waals surface area (Å²) in [7, 11) is -4.23. The van der Waals surface area contributed by atoms with Crippen molar-refractivity contribution in [3.8, 4) is 5.75 Å². The molecule has 3 rings (SSSR count). The molecule has 15 heteroatoms. The Balaban J connectivity index is 1.73. The Morgan fingerprint density at radius 3 is 2.67 bits per heavy atom. The first-order valence-electron chi connectivity index (χ1n) is 10.8.